The summed E-state index contributed by atoms with van der Waals surface area (Å²) in [7, 11) is 0. The first-order valence-electron chi connectivity index (χ1n) is 7.86. The lowest BCUT2D eigenvalue weighted by Crippen LogP contribution is -2.45. The Morgan fingerprint density at radius 1 is 1.24 bits per heavy atom. The van der Waals surface area contributed by atoms with Gasteiger partial charge in [-0.15, -0.1) is 11.3 Å². The number of imide groups is 1. The zero-order chi connectivity index (χ0) is 17.8. The van der Waals surface area contributed by atoms with Gasteiger partial charge in [-0.3, -0.25) is 10.1 Å². The van der Waals surface area contributed by atoms with Gasteiger partial charge in [-0.05, 0) is 19.8 Å². The number of carbonyl (C=O) groups is 3. The number of nitrogens with one attached hydrogen (secondary N) is 2. The Morgan fingerprint density at radius 3 is 2.64 bits per heavy atom. The summed E-state index contributed by atoms with van der Waals surface area (Å²) < 4.78 is 5.08. The third-order valence-electron chi connectivity index (χ3n) is 3.54. The van der Waals surface area contributed by atoms with Gasteiger partial charge in [0.2, 0.25) is 0 Å². The molecule has 3 rings (SSSR count). The molecule has 0 aliphatic heterocycles. The summed E-state index contributed by atoms with van der Waals surface area (Å²) in [4.78, 5) is 39.8. The average molecular weight is 359 g/mol. The van der Waals surface area contributed by atoms with Crippen LogP contribution in [0.15, 0.2) is 35.7 Å². The van der Waals surface area contributed by atoms with Gasteiger partial charge in [0.25, 0.3) is 5.91 Å². The van der Waals surface area contributed by atoms with Gasteiger partial charge in [0.05, 0.1) is 0 Å². The van der Waals surface area contributed by atoms with Crippen molar-refractivity contribution >= 4 is 29.2 Å². The number of rotatable bonds is 5. The quantitative estimate of drug-likeness (QED) is 0.799. The summed E-state index contributed by atoms with van der Waals surface area (Å²) in [6.45, 7) is 1.40. The van der Waals surface area contributed by atoms with Gasteiger partial charge in [-0.1, -0.05) is 30.3 Å². The number of carbonyl (C=O) groups excluding carboxylic acids is 3. The van der Waals surface area contributed by atoms with Crippen LogP contribution in [-0.2, 0) is 9.53 Å². The second-order valence-corrected chi connectivity index (χ2v) is 6.55. The van der Waals surface area contributed by atoms with E-state index in [1.807, 2.05) is 30.3 Å². The van der Waals surface area contributed by atoms with E-state index in [2.05, 4.69) is 15.6 Å². The highest BCUT2D eigenvalue weighted by atomic mass is 32.1. The molecule has 0 bridgehead atoms. The van der Waals surface area contributed by atoms with Crippen LogP contribution in [0.1, 0.15) is 30.3 Å². The molecule has 0 radical (unpaired) electrons. The van der Waals surface area contributed by atoms with E-state index in [1.165, 1.54) is 18.3 Å². The Bertz CT molecular complexity index is 786. The fraction of sp³-hybridized carbons (Fsp3) is 0.294. The van der Waals surface area contributed by atoms with Crippen molar-refractivity contribution in [2.45, 2.75) is 31.9 Å². The van der Waals surface area contributed by atoms with E-state index in [9.17, 15) is 14.4 Å². The van der Waals surface area contributed by atoms with Crippen LogP contribution in [-0.4, -0.2) is 35.0 Å². The molecule has 2 N–H and O–H groups in total. The summed E-state index contributed by atoms with van der Waals surface area (Å²) in [6.07, 6.45) is 0.735. The number of nitrogens with zero attached hydrogens (tertiary/aromatic N) is 1. The van der Waals surface area contributed by atoms with E-state index in [1.54, 1.807) is 5.38 Å². The van der Waals surface area contributed by atoms with Gasteiger partial charge in [-0.25, -0.2) is 14.6 Å². The number of thiazole rings is 1. The number of benzene rings is 1. The molecule has 2 aromatic rings. The second-order valence-electron chi connectivity index (χ2n) is 5.69. The molecular weight excluding hydrogens is 342 g/mol. The van der Waals surface area contributed by atoms with Gasteiger partial charge < -0.3 is 10.1 Å². The van der Waals surface area contributed by atoms with E-state index >= 15 is 0 Å². The number of hydrogen-bond donors (Lipinski definition) is 2. The average Bonchev–Trinajstić information content (AvgIpc) is 3.26. The van der Waals surface area contributed by atoms with Crippen molar-refractivity contribution in [1.29, 1.82) is 0 Å². The minimum absolute atomic E-state index is 0.130. The minimum Gasteiger partial charge on any atom is -0.448 e. The summed E-state index contributed by atoms with van der Waals surface area (Å²) in [6, 6.07) is 9.01. The highest BCUT2D eigenvalue weighted by molar-refractivity contribution is 7.13. The molecule has 1 aliphatic rings. The summed E-state index contributed by atoms with van der Waals surface area (Å²) >= 11 is 1.31. The zero-order valence-corrected chi connectivity index (χ0v) is 14.3. The van der Waals surface area contributed by atoms with Crippen LogP contribution in [0.4, 0.5) is 4.79 Å². The molecule has 1 atom stereocenters. The molecular formula is C17H17N3O4S. The van der Waals surface area contributed by atoms with Crippen molar-refractivity contribution in [3.05, 3.63) is 41.4 Å². The normalized spacial score (nSPS) is 14.4. The third-order valence-corrected chi connectivity index (χ3v) is 4.43. The van der Waals surface area contributed by atoms with Crippen LogP contribution >= 0.6 is 11.3 Å². The molecule has 1 fully saturated rings. The molecule has 3 amide bonds. The largest absolute Gasteiger partial charge is 0.448 e. The van der Waals surface area contributed by atoms with E-state index in [4.69, 9.17) is 4.74 Å². The SMILES string of the molecule is CC(OC(=O)c1csc(-c2ccccc2)n1)C(=O)NC(=O)NC1CC1. The van der Waals surface area contributed by atoms with Crippen LogP contribution in [0.3, 0.4) is 0 Å². The highest BCUT2D eigenvalue weighted by Crippen LogP contribution is 2.23. The number of ether oxygens (including phenoxy) is 1. The molecule has 8 heteroatoms. The first-order chi connectivity index (χ1) is 12.0. The Hall–Kier alpha value is -2.74. The molecule has 0 spiro atoms. The fourth-order valence-corrected chi connectivity index (χ4v) is 2.81. The third kappa shape index (κ3) is 4.63. The van der Waals surface area contributed by atoms with E-state index in [0.29, 0.717) is 5.01 Å². The van der Waals surface area contributed by atoms with Crippen molar-refractivity contribution in [2.75, 3.05) is 0 Å². The predicted molar refractivity (Wildman–Crippen MR) is 92.1 cm³/mol. The van der Waals surface area contributed by atoms with Gasteiger partial charge in [0.1, 0.15) is 5.01 Å². The molecule has 130 valence electrons. The lowest BCUT2D eigenvalue weighted by atomic mass is 10.2. The first-order valence-corrected chi connectivity index (χ1v) is 8.74. The summed E-state index contributed by atoms with van der Waals surface area (Å²) in [5.74, 6) is -1.38. The summed E-state index contributed by atoms with van der Waals surface area (Å²) in [5.41, 5.74) is 1.03. The molecule has 25 heavy (non-hydrogen) atoms. The molecule has 1 aromatic heterocycles. The monoisotopic (exact) mass is 359 g/mol. The fourth-order valence-electron chi connectivity index (χ4n) is 2.02. The predicted octanol–water partition coefficient (Wildman–Crippen LogP) is 2.34. The Morgan fingerprint density at radius 2 is 1.96 bits per heavy atom. The van der Waals surface area contributed by atoms with Crippen molar-refractivity contribution < 1.29 is 19.1 Å². The second kappa shape index (κ2) is 7.43. The van der Waals surface area contributed by atoms with Crippen LogP contribution in [0, 0.1) is 0 Å². The van der Waals surface area contributed by atoms with Gasteiger partial charge in [-0.2, -0.15) is 0 Å². The standard InChI is InChI=1S/C17H17N3O4S/c1-10(14(21)20-17(23)18-12-7-8-12)24-16(22)13-9-25-15(19-13)11-5-3-2-4-6-11/h2-6,9-10,12H,7-8H2,1H3,(H2,18,20,21,23). The van der Waals surface area contributed by atoms with Crippen LogP contribution < -0.4 is 10.6 Å². The Labute approximate surface area is 148 Å². The molecule has 1 unspecified atom stereocenters. The number of hydrogen-bond acceptors (Lipinski definition) is 6. The summed E-state index contributed by atoms with van der Waals surface area (Å²) in [5, 5.41) is 7.05. The van der Waals surface area contributed by atoms with Crippen molar-refractivity contribution in [3.8, 4) is 10.6 Å². The molecule has 1 heterocycles. The number of urea groups is 1. The van der Waals surface area contributed by atoms with Crippen molar-refractivity contribution in [2.24, 2.45) is 0 Å². The van der Waals surface area contributed by atoms with Crippen LogP contribution in [0.2, 0.25) is 0 Å². The number of esters is 1. The maximum Gasteiger partial charge on any atom is 0.358 e. The van der Waals surface area contributed by atoms with Gasteiger partial charge >= 0.3 is 12.0 Å². The van der Waals surface area contributed by atoms with Gasteiger partial charge in [0.15, 0.2) is 11.8 Å². The maximum atomic E-state index is 12.1. The first kappa shape index (κ1) is 17.1. The van der Waals surface area contributed by atoms with Crippen molar-refractivity contribution in [3.63, 3.8) is 0 Å². The molecule has 1 saturated carbocycles. The molecule has 1 aromatic carbocycles. The number of aromatic nitrogens is 1. The lowest BCUT2D eigenvalue weighted by Gasteiger charge is -2.12. The van der Waals surface area contributed by atoms with Gasteiger partial charge in [0, 0.05) is 17.0 Å². The Kier molecular flexibility index (Phi) is 5.08. The van der Waals surface area contributed by atoms with E-state index in [-0.39, 0.29) is 11.7 Å². The molecule has 7 nitrogen and oxygen atoms in total. The van der Waals surface area contributed by atoms with Crippen LogP contribution in [0.5, 0.6) is 0 Å². The highest BCUT2D eigenvalue weighted by Gasteiger charge is 2.26. The van der Waals surface area contributed by atoms with E-state index < -0.39 is 24.0 Å². The van der Waals surface area contributed by atoms with Crippen molar-refractivity contribution in [1.82, 2.24) is 15.6 Å². The number of amides is 3. The minimum atomic E-state index is -1.10. The topological polar surface area (TPSA) is 97.4 Å². The molecule has 0 saturated heterocycles. The van der Waals surface area contributed by atoms with E-state index in [0.717, 1.165) is 18.4 Å². The smallest absolute Gasteiger partial charge is 0.358 e. The van der Waals surface area contributed by atoms with Crippen LogP contribution in [0.25, 0.3) is 10.6 Å². The maximum absolute atomic E-state index is 12.1. The lowest BCUT2D eigenvalue weighted by molar-refractivity contribution is -0.127. The molecule has 1 aliphatic carbocycles. The Balaban J connectivity index is 1.55. The zero-order valence-electron chi connectivity index (χ0n) is 13.5.